The number of ether oxygens (including phenoxy) is 1. The molecule has 0 aromatic heterocycles. The zero-order valence-electron chi connectivity index (χ0n) is 17.8. The number of nitrogens with one attached hydrogen (secondary N) is 1. The number of aliphatic hydroxyl groups excluding tert-OH is 1. The van der Waals surface area contributed by atoms with Gasteiger partial charge in [0.15, 0.2) is 0 Å². The third-order valence-corrected chi connectivity index (χ3v) is 7.47. The van der Waals surface area contributed by atoms with Crippen molar-refractivity contribution >= 4 is 17.5 Å². The van der Waals surface area contributed by atoms with Crippen LogP contribution in [0.3, 0.4) is 0 Å². The van der Waals surface area contributed by atoms with Gasteiger partial charge in [-0.25, -0.2) is 0 Å². The van der Waals surface area contributed by atoms with Crippen LogP contribution >= 0.6 is 11.6 Å². The van der Waals surface area contributed by atoms with Crippen LogP contribution in [0.2, 0.25) is 5.02 Å². The number of fused-ring (bicyclic) bond motifs is 1. The third kappa shape index (κ3) is 3.61. The van der Waals surface area contributed by atoms with Gasteiger partial charge in [0.25, 0.3) is 0 Å². The standard InChI is InChI=1S/C25H30ClNO3/c1-15-4-6-17(7-5-15)22-20(10-11-25(3)23(22)16(2)27-24(25)29)19-9-8-18(14-21(19)26)30-13-12-28/h4-9,14,16,20,22-23,28H,10-13H2,1-3H3,(H,27,29)/t16-,20+,22+,23+,25-/m1/s1. The zero-order valence-corrected chi connectivity index (χ0v) is 18.6. The molecule has 1 aliphatic heterocycles. The summed E-state index contributed by atoms with van der Waals surface area (Å²) < 4.78 is 5.53. The lowest BCUT2D eigenvalue weighted by atomic mass is 9.56. The second-order valence-electron chi connectivity index (χ2n) is 9.04. The van der Waals surface area contributed by atoms with E-state index in [-0.39, 0.29) is 48.3 Å². The highest BCUT2D eigenvalue weighted by Gasteiger charge is 2.57. The minimum atomic E-state index is -0.359. The number of rotatable bonds is 5. The first-order chi connectivity index (χ1) is 14.3. The molecule has 0 spiro atoms. The van der Waals surface area contributed by atoms with Crippen LogP contribution in [0.15, 0.2) is 42.5 Å². The number of carbonyl (C=O) groups excluding carboxylic acids is 1. The van der Waals surface area contributed by atoms with Crippen LogP contribution in [-0.2, 0) is 4.79 Å². The second kappa shape index (κ2) is 8.24. The van der Waals surface area contributed by atoms with Crippen LogP contribution in [-0.4, -0.2) is 30.3 Å². The van der Waals surface area contributed by atoms with Crippen LogP contribution in [0.25, 0.3) is 0 Å². The van der Waals surface area contributed by atoms with Crippen molar-refractivity contribution < 1.29 is 14.6 Å². The molecule has 160 valence electrons. The Hall–Kier alpha value is -2.04. The van der Waals surface area contributed by atoms with Crippen molar-refractivity contribution in [2.45, 2.75) is 51.5 Å². The van der Waals surface area contributed by atoms with E-state index in [1.54, 1.807) is 0 Å². The summed E-state index contributed by atoms with van der Waals surface area (Å²) in [6, 6.07) is 14.7. The Bertz CT molecular complexity index is 928. The van der Waals surface area contributed by atoms with Gasteiger partial charge in [-0.1, -0.05) is 54.4 Å². The molecule has 1 saturated heterocycles. The lowest BCUT2D eigenvalue weighted by molar-refractivity contribution is -0.129. The monoisotopic (exact) mass is 427 g/mol. The number of carbonyl (C=O) groups is 1. The summed E-state index contributed by atoms with van der Waals surface area (Å²) >= 11 is 6.74. The molecule has 2 N–H and O–H groups in total. The maximum Gasteiger partial charge on any atom is 0.226 e. The molecule has 2 aromatic rings. The van der Waals surface area contributed by atoms with Gasteiger partial charge in [0.05, 0.1) is 12.0 Å². The maximum atomic E-state index is 12.9. The van der Waals surface area contributed by atoms with Gasteiger partial charge in [0.1, 0.15) is 12.4 Å². The lowest BCUT2D eigenvalue weighted by Gasteiger charge is -2.46. The molecular weight excluding hydrogens is 398 g/mol. The first kappa shape index (κ1) is 21.2. The van der Waals surface area contributed by atoms with Crippen molar-refractivity contribution in [3.63, 3.8) is 0 Å². The largest absolute Gasteiger partial charge is 0.491 e. The van der Waals surface area contributed by atoms with Crippen LogP contribution < -0.4 is 10.1 Å². The van der Waals surface area contributed by atoms with Gasteiger partial charge < -0.3 is 15.2 Å². The predicted molar refractivity (Wildman–Crippen MR) is 119 cm³/mol. The molecule has 1 saturated carbocycles. The fourth-order valence-electron chi connectivity index (χ4n) is 5.68. The van der Waals surface area contributed by atoms with Crippen molar-refractivity contribution in [2.75, 3.05) is 13.2 Å². The van der Waals surface area contributed by atoms with E-state index >= 15 is 0 Å². The Balaban J connectivity index is 1.77. The molecule has 0 bridgehead atoms. The molecular formula is C25H30ClNO3. The summed E-state index contributed by atoms with van der Waals surface area (Å²) in [4.78, 5) is 12.9. The molecule has 5 atom stereocenters. The molecule has 2 fully saturated rings. The van der Waals surface area contributed by atoms with E-state index in [1.165, 1.54) is 11.1 Å². The highest BCUT2D eigenvalue weighted by Crippen LogP contribution is 2.59. The van der Waals surface area contributed by atoms with Gasteiger partial charge in [0.2, 0.25) is 5.91 Å². The number of amides is 1. The number of aryl methyl sites for hydroxylation is 1. The summed E-state index contributed by atoms with van der Waals surface area (Å²) in [6.07, 6.45) is 1.75. The summed E-state index contributed by atoms with van der Waals surface area (Å²) in [6.45, 7) is 6.57. The van der Waals surface area contributed by atoms with Crippen molar-refractivity contribution in [3.8, 4) is 5.75 Å². The molecule has 30 heavy (non-hydrogen) atoms. The van der Waals surface area contributed by atoms with Crippen molar-refractivity contribution in [1.29, 1.82) is 0 Å². The van der Waals surface area contributed by atoms with Crippen LogP contribution in [0, 0.1) is 18.3 Å². The number of halogens is 1. The van der Waals surface area contributed by atoms with Gasteiger partial charge >= 0.3 is 0 Å². The first-order valence-electron chi connectivity index (χ1n) is 10.8. The van der Waals surface area contributed by atoms with E-state index in [1.807, 2.05) is 12.1 Å². The van der Waals surface area contributed by atoms with Gasteiger partial charge in [-0.2, -0.15) is 0 Å². The summed E-state index contributed by atoms with van der Waals surface area (Å²) in [5.41, 5.74) is 3.24. The molecule has 0 radical (unpaired) electrons. The predicted octanol–water partition coefficient (Wildman–Crippen LogP) is 4.82. The summed E-state index contributed by atoms with van der Waals surface area (Å²) in [5.74, 6) is 1.46. The van der Waals surface area contributed by atoms with E-state index in [0.29, 0.717) is 10.8 Å². The summed E-state index contributed by atoms with van der Waals surface area (Å²) in [7, 11) is 0. The lowest BCUT2D eigenvalue weighted by Crippen LogP contribution is -2.42. The number of hydrogen-bond donors (Lipinski definition) is 2. The highest BCUT2D eigenvalue weighted by atomic mass is 35.5. The molecule has 2 aliphatic rings. The highest BCUT2D eigenvalue weighted by molar-refractivity contribution is 6.31. The van der Waals surface area contributed by atoms with Crippen molar-refractivity contribution in [2.24, 2.45) is 11.3 Å². The normalized spacial score (nSPS) is 30.6. The molecule has 2 aromatic carbocycles. The molecule has 4 nitrogen and oxygen atoms in total. The van der Waals surface area contributed by atoms with E-state index in [4.69, 9.17) is 21.4 Å². The van der Waals surface area contributed by atoms with Gasteiger partial charge in [-0.3, -0.25) is 4.79 Å². The first-order valence-corrected chi connectivity index (χ1v) is 11.1. The number of aliphatic hydroxyl groups is 1. The van der Waals surface area contributed by atoms with Crippen LogP contribution in [0.5, 0.6) is 5.75 Å². The van der Waals surface area contributed by atoms with Gasteiger partial charge in [0, 0.05) is 17.0 Å². The fraction of sp³-hybridized carbons (Fsp3) is 0.480. The quantitative estimate of drug-likeness (QED) is 0.719. The molecule has 4 rings (SSSR count). The topological polar surface area (TPSA) is 58.6 Å². The Morgan fingerprint density at radius 1 is 1.23 bits per heavy atom. The van der Waals surface area contributed by atoms with E-state index < -0.39 is 0 Å². The molecule has 1 heterocycles. The fourth-order valence-corrected chi connectivity index (χ4v) is 5.99. The minimum absolute atomic E-state index is 0.0311. The number of hydrogen-bond acceptors (Lipinski definition) is 3. The Morgan fingerprint density at radius 2 is 1.97 bits per heavy atom. The summed E-state index contributed by atoms with van der Waals surface area (Å²) in [5, 5.41) is 12.9. The SMILES string of the molecule is Cc1ccc([C@@H]2[C@@H]3[C@@H](C)NC(=O)[C@]3(C)CC[C@H]2c2ccc(OCCO)cc2Cl)cc1. The average molecular weight is 428 g/mol. The van der Waals surface area contributed by atoms with E-state index in [2.05, 4.69) is 56.4 Å². The van der Waals surface area contributed by atoms with Crippen LogP contribution in [0.4, 0.5) is 0 Å². The Labute approximate surface area is 183 Å². The van der Waals surface area contributed by atoms with Crippen LogP contribution in [0.1, 0.15) is 55.2 Å². The third-order valence-electron chi connectivity index (χ3n) is 7.14. The van der Waals surface area contributed by atoms with E-state index in [9.17, 15) is 4.79 Å². The van der Waals surface area contributed by atoms with E-state index in [0.717, 1.165) is 18.4 Å². The second-order valence-corrected chi connectivity index (χ2v) is 9.45. The van der Waals surface area contributed by atoms with Gasteiger partial charge in [-0.15, -0.1) is 0 Å². The molecule has 0 unspecified atom stereocenters. The minimum Gasteiger partial charge on any atom is -0.491 e. The van der Waals surface area contributed by atoms with Crippen molar-refractivity contribution in [1.82, 2.24) is 5.32 Å². The Morgan fingerprint density at radius 3 is 2.63 bits per heavy atom. The average Bonchev–Trinajstić information content (AvgIpc) is 2.95. The maximum absolute atomic E-state index is 12.9. The Kier molecular flexibility index (Phi) is 5.82. The van der Waals surface area contributed by atoms with Gasteiger partial charge in [-0.05, 0) is 61.8 Å². The number of benzene rings is 2. The molecule has 1 amide bonds. The molecule has 5 heteroatoms. The smallest absolute Gasteiger partial charge is 0.226 e. The van der Waals surface area contributed by atoms with Crippen molar-refractivity contribution in [3.05, 3.63) is 64.2 Å². The molecule has 1 aliphatic carbocycles. The zero-order chi connectivity index (χ0) is 21.5.